The molecule has 0 spiro atoms. The summed E-state index contributed by atoms with van der Waals surface area (Å²) in [4.78, 5) is 12.2. The Labute approximate surface area is 111 Å². The molecule has 6 heteroatoms. The van der Waals surface area contributed by atoms with Crippen LogP contribution in [0.25, 0.3) is 0 Å². The SMILES string of the molecule is CC[NH+](CC)C(=O)Oc1ccc(Cl)c(F)c1.[Cl-]. The van der Waals surface area contributed by atoms with Crippen molar-refractivity contribution in [3.63, 3.8) is 0 Å². The van der Waals surface area contributed by atoms with Crippen molar-refractivity contribution in [3.8, 4) is 5.75 Å². The molecule has 0 saturated carbocycles. The van der Waals surface area contributed by atoms with Gasteiger partial charge in [0, 0.05) is 6.07 Å². The second-order valence-corrected chi connectivity index (χ2v) is 3.68. The van der Waals surface area contributed by atoms with Crippen molar-refractivity contribution in [3.05, 3.63) is 29.0 Å². The summed E-state index contributed by atoms with van der Waals surface area (Å²) in [6.45, 7) is 5.02. The fourth-order valence-corrected chi connectivity index (χ4v) is 1.38. The summed E-state index contributed by atoms with van der Waals surface area (Å²) in [6.07, 6.45) is -0.410. The van der Waals surface area contributed by atoms with Crippen molar-refractivity contribution < 1.29 is 31.2 Å². The maximum atomic E-state index is 13.1. The van der Waals surface area contributed by atoms with E-state index in [1.807, 2.05) is 13.8 Å². The number of hydrogen-bond donors (Lipinski definition) is 1. The standard InChI is InChI=1S/C11H13ClFNO2.ClH/c1-3-14(4-2)11(15)16-8-5-6-9(12)10(13)7-8;/h5-7H,3-4H2,1-2H3;1H. The molecule has 0 aromatic heterocycles. The molecular weight excluding hydrogens is 268 g/mol. The predicted molar refractivity (Wildman–Crippen MR) is 59.5 cm³/mol. The van der Waals surface area contributed by atoms with Gasteiger partial charge in [0.2, 0.25) is 0 Å². The van der Waals surface area contributed by atoms with E-state index in [-0.39, 0.29) is 23.2 Å². The van der Waals surface area contributed by atoms with Crippen LogP contribution in [0.2, 0.25) is 5.02 Å². The zero-order chi connectivity index (χ0) is 12.1. The van der Waals surface area contributed by atoms with Crippen LogP contribution in [-0.4, -0.2) is 19.2 Å². The van der Waals surface area contributed by atoms with Gasteiger partial charge in [-0.05, 0) is 26.0 Å². The minimum Gasteiger partial charge on any atom is -1.00 e. The first-order valence-corrected chi connectivity index (χ1v) is 5.48. The van der Waals surface area contributed by atoms with Gasteiger partial charge in [-0.15, -0.1) is 0 Å². The molecule has 1 amide bonds. The molecule has 0 atom stereocenters. The molecule has 0 aliphatic carbocycles. The first kappa shape index (κ1) is 16.2. The number of carbonyl (C=O) groups excluding carboxylic acids is 1. The molecule has 0 fully saturated rings. The van der Waals surface area contributed by atoms with Crippen LogP contribution in [0.1, 0.15) is 13.8 Å². The molecule has 1 N–H and O–H groups in total. The number of quaternary nitrogens is 1. The number of ether oxygens (including phenoxy) is 1. The maximum Gasteiger partial charge on any atom is 0.519 e. The zero-order valence-electron chi connectivity index (χ0n) is 9.60. The summed E-state index contributed by atoms with van der Waals surface area (Å²) >= 11 is 5.51. The molecule has 96 valence electrons. The molecule has 0 aliphatic heterocycles. The topological polar surface area (TPSA) is 30.7 Å². The maximum absolute atomic E-state index is 13.1. The zero-order valence-corrected chi connectivity index (χ0v) is 11.1. The second kappa shape index (κ2) is 7.48. The number of halogens is 3. The first-order chi connectivity index (χ1) is 7.58. The Hall–Kier alpha value is -0.840. The van der Waals surface area contributed by atoms with E-state index in [1.54, 1.807) is 0 Å². The van der Waals surface area contributed by atoms with Crippen LogP contribution in [0.4, 0.5) is 9.18 Å². The summed E-state index contributed by atoms with van der Waals surface area (Å²) in [5, 5.41) is 0.00925. The van der Waals surface area contributed by atoms with Crippen molar-refractivity contribution in [2.45, 2.75) is 13.8 Å². The lowest BCUT2D eigenvalue weighted by Gasteiger charge is -2.11. The van der Waals surface area contributed by atoms with Crippen LogP contribution in [0.15, 0.2) is 18.2 Å². The van der Waals surface area contributed by atoms with E-state index >= 15 is 0 Å². The Morgan fingerprint density at radius 2 is 2.00 bits per heavy atom. The van der Waals surface area contributed by atoms with Crippen molar-refractivity contribution >= 4 is 17.7 Å². The number of rotatable bonds is 3. The van der Waals surface area contributed by atoms with Crippen LogP contribution in [0.3, 0.4) is 0 Å². The van der Waals surface area contributed by atoms with Crippen LogP contribution >= 0.6 is 11.6 Å². The Morgan fingerprint density at radius 3 is 2.47 bits per heavy atom. The van der Waals surface area contributed by atoms with Gasteiger partial charge in [-0.3, -0.25) is 0 Å². The van der Waals surface area contributed by atoms with Crippen LogP contribution in [-0.2, 0) is 0 Å². The summed E-state index contributed by atoms with van der Waals surface area (Å²) in [6, 6.07) is 3.92. The fourth-order valence-electron chi connectivity index (χ4n) is 1.26. The van der Waals surface area contributed by atoms with Gasteiger partial charge in [-0.2, -0.15) is 4.79 Å². The highest BCUT2D eigenvalue weighted by atomic mass is 35.5. The van der Waals surface area contributed by atoms with E-state index in [4.69, 9.17) is 16.3 Å². The Bertz CT molecular complexity index is 384. The lowest BCUT2D eigenvalue weighted by Crippen LogP contribution is -3.14. The first-order valence-electron chi connectivity index (χ1n) is 5.10. The molecule has 1 aromatic rings. The molecule has 0 saturated heterocycles. The number of amides is 1. The van der Waals surface area contributed by atoms with Gasteiger partial charge in [0.15, 0.2) is 0 Å². The molecule has 0 unspecified atom stereocenters. The normalized spacial score (nSPS) is 9.94. The van der Waals surface area contributed by atoms with E-state index in [9.17, 15) is 9.18 Å². The molecule has 3 nitrogen and oxygen atoms in total. The van der Waals surface area contributed by atoms with Gasteiger partial charge in [0.05, 0.1) is 18.1 Å². The minimum absolute atomic E-state index is 0. The predicted octanol–water partition coefficient (Wildman–Crippen LogP) is -1.09. The second-order valence-electron chi connectivity index (χ2n) is 3.28. The highest BCUT2D eigenvalue weighted by molar-refractivity contribution is 6.30. The van der Waals surface area contributed by atoms with Crippen LogP contribution in [0.5, 0.6) is 5.75 Å². The molecule has 1 aromatic carbocycles. The third-order valence-corrected chi connectivity index (χ3v) is 2.55. The molecule has 0 radical (unpaired) electrons. The van der Waals surface area contributed by atoms with Gasteiger partial charge < -0.3 is 17.1 Å². The lowest BCUT2D eigenvalue weighted by molar-refractivity contribution is -0.817. The Kier molecular flexibility index (Phi) is 7.11. The highest BCUT2D eigenvalue weighted by Crippen LogP contribution is 2.20. The number of benzene rings is 1. The van der Waals surface area contributed by atoms with Crippen molar-refractivity contribution in [2.75, 3.05) is 13.1 Å². The highest BCUT2D eigenvalue weighted by Gasteiger charge is 2.18. The number of carbonyl (C=O) groups is 1. The number of hydrogen-bond acceptors (Lipinski definition) is 2. The molecule has 1 rings (SSSR count). The lowest BCUT2D eigenvalue weighted by atomic mass is 10.3. The van der Waals surface area contributed by atoms with E-state index in [2.05, 4.69) is 0 Å². The van der Waals surface area contributed by atoms with E-state index in [0.717, 1.165) is 6.07 Å². The van der Waals surface area contributed by atoms with Crippen molar-refractivity contribution in [1.82, 2.24) is 0 Å². The quantitative estimate of drug-likeness (QED) is 0.763. The minimum atomic E-state index is -0.596. The summed E-state index contributed by atoms with van der Waals surface area (Å²) in [7, 11) is 0. The Morgan fingerprint density at radius 1 is 1.41 bits per heavy atom. The smallest absolute Gasteiger partial charge is 0.519 e. The average Bonchev–Trinajstić information content (AvgIpc) is 2.25. The van der Waals surface area contributed by atoms with E-state index in [1.165, 1.54) is 12.1 Å². The van der Waals surface area contributed by atoms with E-state index < -0.39 is 11.9 Å². The van der Waals surface area contributed by atoms with Crippen LogP contribution < -0.4 is 22.0 Å². The third-order valence-electron chi connectivity index (χ3n) is 2.24. The van der Waals surface area contributed by atoms with Gasteiger partial charge in [-0.25, -0.2) is 9.29 Å². The fraction of sp³-hybridized carbons (Fsp3) is 0.364. The summed E-state index contributed by atoms with van der Waals surface area (Å²) in [5.41, 5.74) is 0. The molecule has 0 heterocycles. The molecule has 17 heavy (non-hydrogen) atoms. The largest absolute Gasteiger partial charge is 1.00 e. The monoisotopic (exact) mass is 281 g/mol. The van der Waals surface area contributed by atoms with E-state index in [0.29, 0.717) is 18.0 Å². The summed E-state index contributed by atoms with van der Waals surface area (Å²) in [5.74, 6) is -0.423. The summed E-state index contributed by atoms with van der Waals surface area (Å²) < 4.78 is 18.1. The molecule has 0 aliphatic rings. The van der Waals surface area contributed by atoms with Crippen LogP contribution in [0, 0.1) is 5.82 Å². The average molecular weight is 282 g/mol. The van der Waals surface area contributed by atoms with Gasteiger partial charge in [0.1, 0.15) is 11.6 Å². The van der Waals surface area contributed by atoms with Crippen molar-refractivity contribution in [1.29, 1.82) is 0 Å². The van der Waals surface area contributed by atoms with Gasteiger partial charge in [-0.1, -0.05) is 11.6 Å². The number of nitrogens with one attached hydrogen (secondary N) is 1. The third kappa shape index (κ3) is 4.50. The van der Waals surface area contributed by atoms with Crippen molar-refractivity contribution in [2.24, 2.45) is 0 Å². The van der Waals surface area contributed by atoms with Gasteiger partial charge in [0.25, 0.3) is 0 Å². The Balaban J connectivity index is 0.00000256. The van der Waals surface area contributed by atoms with Gasteiger partial charge >= 0.3 is 6.09 Å². The molecule has 0 bridgehead atoms. The molecular formula is C11H14Cl2FNO2.